The molecule has 116 valence electrons. The highest BCUT2D eigenvalue weighted by atomic mass is 32.2. The van der Waals surface area contributed by atoms with Gasteiger partial charge in [0, 0.05) is 5.56 Å². The van der Waals surface area contributed by atoms with E-state index in [-0.39, 0.29) is 11.7 Å². The molecule has 3 nitrogen and oxygen atoms in total. The van der Waals surface area contributed by atoms with Crippen LogP contribution in [-0.2, 0) is 4.79 Å². The number of thioether (sulfide) groups is 1. The molecule has 1 aliphatic rings. The summed E-state index contributed by atoms with van der Waals surface area (Å²) in [4.78, 5) is 17.0. The summed E-state index contributed by atoms with van der Waals surface area (Å²) < 4.78 is 13.7. The molecule has 1 fully saturated rings. The summed E-state index contributed by atoms with van der Waals surface area (Å²) in [6.07, 6.45) is 1.54. The minimum atomic E-state index is -0.353. The van der Waals surface area contributed by atoms with Crippen molar-refractivity contribution in [3.63, 3.8) is 0 Å². The Balaban J connectivity index is 1.91. The van der Waals surface area contributed by atoms with Crippen molar-refractivity contribution >= 4 is 34.6 Å². The molecular weight excluding hydrogens is 311 g/mol. The van der Waals surface area contributed by atoms with Crippen molar-refractivity contribution in [3.8, 4) is 0 Å². The van der Waals surface area contributed by atoms with Crippen LogP contribution in [0.15, 0.2) is 52.4 Å². The average molecular weight is 326 g/mol. The van der Waals surface area contributed by atoms with Crippen LogP contribution < -0.4 is 5.32 Å². The Hall–Kier alpha value is -2.40. The number of nitrogens with one attached hydrogen (secondary N) is 1. The normalized spacial score (nSPS) is 17.8. The molecule has 0 spiro atoms. The summed E-state index contributed by atoms with van der Waals surface area (Å²) in [6.45, 7) is 3.95. The Kier molecular flexibility index (Phi) is 4.30. The summed E-state index contributed by atoms with van der Waals surface area (Å²) in [5.74, 6) is -0.614. The maximum absolute atomic E-state index is 13.7. The summed E-state index contributed by atoms with van der Waals surface area (Å²) in [7, 11) is 0. The summed E-state index contributed by atoms with van der Waals surface area (Å²) in [5, 5.41) is 3.24. The second-order valence-electron chi connectivity index (χ2n) is 5.24. The van der Waals surface area contributed by atoms with Gasteiger partial charge in [0.05, 0.1) is 10.6 Å². The fourth-order valence-corrected chi connectivity index (χ4v) is 3.12. The van der Waals surface area contributed by atoms with E-state index in [0.29, 0.717) is 15.6 Å². The molecule has 1 saturated heterocycles. The average Bonchev–Trinajstić information content (AvgIpc) is 2.85. The van der Waals surface area contributed by atoms with Gasteiger partial charge in [-0.25, -0.2) is 9.38 Å². The van der Waals surface area contributed by atoms with E-state index in [0.717, 1.165) is 16.8 Å². The lowest BCUT2D eigenvalue weighted by Crippen LogP contribution is -2.19. The molecule has 1 heterocycles. The molecule has 0 aromatic heterocycles. The van der Waals surface area contributed by atoms with Gasteiger partial charge in [0.2, 0.25) is 0 Å². The molecule has 0 atom stereocenters. The zero-order valence-electron chi connectivity index (χ0n) is 12.8. The monoisotopic (exact) mass is 326 g/mol. The third-order valence-electron chi connectivity index (χ3n) is 3.50. The number of benzene rings is 2. The lowest BCUT2D eigenvalue weighted by molar-refractivity contribution is -0.115. The second-order valence-corrected chi connectivity index (χ2v) is 6.27. The molecule has 0 bridgehead atoms. The number of amides is 1. The fraction of sp³-hybridized carbons (Fsp3) is 0.111. The first-order valence-electron chi connectivity index (χ1n) is 7.15. The number of carbonyl (C=O) groups excluding carboxylic acids is 1. The SMILES string of the molecule is Cc1cccc(C)c1N=C1NC(=O)C(=Cc2ccccc2F)S1. The Labute approximate surface area is 138 Å². The highest BCUT2D eigenvalue weighted by Gasteiger charge is 2.24. The Bertz CT molecular complexity index is 822. The number of carbonyl (C=O) groups is 1. The van der Waals surface area contributed by atoms with Crippen LogP contribution >= 0.6 is 11.8 Å². The molecule has 0 saturated carbocycles. The second kappa shape index (κ2) is 6.38. The summed E-state index contributed by atoms with van der Waals surface area (Å²) in [5.41, 5.74) is 3.32. The first-order valence-corrected chi connectivity index (χ1v) is 7.96. The van der Waals surface area contributed by atoms with Crippen LogP contribution in [0.4, 0.5) is 10.1 Å². The molecule has 2 aromatic rings. The fourth-order valence-electron chi connectivity index (χ4n) is 2.30. The Morgan fingerprint density at radius 1 is 1.09 bits per heavy atom. The number of rotatable bonds is 2. The number of aryl methyl sites for hydroxylation is 2. The van der Waals surface area contributed by atoms with E-state index in [1.165, 1.54) is 17.8 Å². The minimum Gasteiger partial charge on any atom is -0.300 e. The topological polar surface area (TPSA) is 41.5 Å². The predicted molar refractivity (Wildman–Crippen MR) is 93.1 cm³/mol. The van der Waals surface area contributed by atoms with Gasteiger partial charge in [0.1, 0.15) is 5.82 Å². The van der Waals surface area contributed by atoms with Crippen LogP contribution in [0.2, 0.25) is 0 Å². The van der Waals surface area contributed by atoms with Crippen molar-refractivity contribution in [1.82, 2.24) is 5.32 Å². The number of amidine groups is 1. The van der Waals surface area contributed by atoms with Gasteiger partial charge < -0.3 is 5.32 Å². The molecular formula is C18H15FN2OS. The summed E-state index contributed by atoms with van der Waals surface area (Å²) >= 11 is 1.22. The third kappa shape index (κ3) is 3.35. The van der Waals surface area contributed by atoms with E-state index in [1.807, 2.05) is 32.0 Å². The number of hydrogen-bond acceptors (Lipinski definition) is 3. The summed E-state index contributed by atoms with van der Waals surface area (Å²) in [6, 6.07) is 12.3. The molecule has 3 rings (SSSR count). The van der Waals surface area contributed by atoms with E-state index >= 15 is 0 Å². The molecule has 5 heteroatoms. The van der Waals surface area contributed by atoms with Crippen molar-refractivity contribution < 1.29 is 9.18 Å². The lowest BCUT2D eigenvalue weighted by Gasteiger charge is -2.04. The Morgan fingerprint density at radius 2 is 1.78 bits per heavy atom. The zero-order valence-corrected chi connectivity index (χ0v) is 13.6. The van der Waals surface area contributed by atoms with Crippen molar-refractivity contribution in [2.75, 3.05) is 0 Å². The van der Waals surface area contributed by atoms with Crippen molar-refractivity contribution in [2.24, 2.45) is 4.99 Å². The highest BCUT2D eigenvalue weighted by molar-refractivity contribution is 8.18. The molecule has 1 amide bonds. The van der Waals surface area contributed by atoms with Crippen LogP contribution in [-0.4, -0.2) is 11.1 Å². The van der Waals surface area contributed by atoms with Crippen molar-refractivity contribution in [1.29, 1.82) is 0 Å². The molecule has 0 unspecified atom stereocenters. The quantitative estimate of drug-likeness (QED) is 0.834. The van der Waals surface area contributed by atoms with E-state index in [4.69, 9.17) is 0 Å². The van der Waals surface area contributed by atoms with Crippen LogP contribution in [0.1, 0.15) is 16.7 Å². The van der Waals surface area contributed by atoms with Crippen molar-refractivity contribution in [2.45, 2.75) is 13.8 Å². The lowest BCUT2D eigenvalue weighted by atomic mass is 10.1. The number of para-hydroxylation sites is 1. The number of nitrogens with zero attached hydrogens (tertiary/aromatic N) is 1. The maximum atomic E-state index is 13.7. The van der Waals surface area contributed by atoms with Gasteiger partial charge in [-0.05, 0) is 48.9 Å². The van der Waals surface area contributed by atoms with Gasteiger partial charge in [0.25, 0.3) is 5.91 Å². The highest BCUT2D eigenvalue weighted by Crippen LogP contribution is 2.30. The van der Waals surface area contributed by atoms with E-state index in [2.05, 4.69) is 10.3 Å². The molecule has 1 N–H and O–H groups in total. The first-order chi connectivity index (χ1) is 11.0. The van der Waals surface area contributed by atoms with Crippen LogP contribution in [0.5, 0.6) is 0 Å². The van der Waals surface area contributed by atoms with Crippen molar-refractivity contribution in [3.05, 3.63) is 69.9 Å². The van der Waals surface area contributed by atoms with E-state index < -0.39 is 0 Å². The maximum Gasteiger partial charge on any atom is 0.264 e. The van der Waals surface area contributed by atoms with Gasteiger partial charge in [0.15, 0.2) is 5.17 Å². The van der Waals surface area contributed by atoms with E-state index in [9.17, 15) is 9.18 Å². The third-order valence-corrected chi connectivity index (χ3v) is 4.41. The number of hydrogen-bond donors (Lipinski definition) is 1. The standard InChI is InChI=1S/C18H15FN2OS/c1-11-6-5-7-12(2)16(11)20-18-21-17(22)15(23-18)10-13-8-3-4-9-14(13)19/h3-10H,1-2H3,(H,20,21,22). The predicted octanol–water partition coefficient (Wildman–Crippen LogP) is 4.33. The van der Waals surface area contributed by atoms with Gasteiger partial charge >= 0.3 is 0 Å². The minimum absolute atomic E-state index is 0.261. The Morgan fingerprint density at radius 3 is 2.48 bits per heavy atom. The zero-order chi connectivity index (χ0) is 16.4. The molecule has 23 heavy (non-hydrogen) atoms. The molecule has 2 aromatic carbocycles. The van der Waals surface area contributed by atoms with Gasteiger partial charge in [-0.3, -0.25) is 4.79 Å². The van der Waals surface area contributed by atoms with Gasteiger partial charge in [-0.1, -0.05) is 36.4 Å². The molecule has 1 aliphatic heterocycles. The smallest absolute Gasteiger partial charge is 0.264 e. The van der Waals surface area contributed by atoms with Gasteiger partial charge in [-0.15, -0.1) is 0 Å². The van der Waals surface area contributed by atoms with Gasteiger partial charge in [-0.2, -0.15) is 0 Å². The number of aliphatic imine (C=N–C) groups is 1. The van der Waals surface area contributed by atoms with Crippen LogP contribution in [0.3, 0.4) is 0 Å². The largest absolute Gasteiger partial charge is 0.300 e. The van der Waals surface area contributed by atoms with Crippen LogP contribution in [0.25, 0.3) is 6.08 Å². The first kappa shape index (κ1) is 15.5. The van der Waals surface area contributed by atoms with Crippen LogP contribution in [0, 0.1) is 19.7 Å². The molecule has 0 radical (unpaired) electrons. The van der Waals surface area contributed by atoms with E-state index in [1.54, 1.807) is 24.3 Å². The molecule has 0 aliphatic carbocycles. The number of halogens is 1.